The number of halogens is 3. The van der Waals surface area contributed by atoms with E-state index in [0.717, 1.165) is 28.6 Å². The van der Waals surface area contributed by atoms with E-state index >= 15 is 0 Å². The number of carbonyl (C=O) groups excluding carboxylic acids is 2. The molecule has 8 nitrogen and oxygen atoms in total. The first kappa shape index (κ1) is 27.8. The maximum atomic E-state index is 13.6. The third-order valence-corrected chi connectivity index (χ3v) is 8.20. The summed E-state index contributed by atoms with van der Waals surface area (Å²) in [5, 5.41) is 3.09. The maximum absolute atomic E-state index is 13.6. The number of sulfonamides is 1. The van der Waals surface area contributed by atoms with Gasteiger partial charge in [-0.1, -0.05) is 29.3 Å². The SMILES string of the molecule is CC(C)OC(=O)N[C@H]1Cc2ncc(CC(=O)c3c(Cl)cccc3Cl)cc2N(S(=O)(=O)c2ccc(F)cc2)C1. The Morgan fingerprint density at radius 2 is 1.82 bits per heavy atom. The molecule has 0 radical (unpaired) electrons. The number of fused-ring (bicyclic) bond motifs is 1. The minimum Gasteiger partial charge on any atom is -0.447 e. The van der Waals surface area contributed by atoms with Crippen LogP contribution in [0.3, 0.4) is 0 Å². The number of amides is 1. The van der Waals surface area contributed by atoms with Crippen molar-refractivity contribution < 1.29 is 27.1 Å². The van der Waals surface area contributed by atoms with Crippen molar-refractivity contribution in [3.8, 4) is 0 Å². The molecule has 0 saturated carbocycles. The van der Waals surface area contributed by atoms with E-state index in [1.807, 2.05) is 0 Å². The van der Waals surface area contributed by atoms with Crippen LogP contribution in [0.1, 0.15) is 35.5 Å². The molecule has 1 N–H and O–H groups in total. The zero-order valence-corrected chi connectivity index (χ0v) is 22.8. The predicted molar refractivity (Wildman–Crippen MR) is 142 cm³/mol. The lowest BCUT2D eigenvalue weighted by molar-refractivity contribution is 0.0992. The normalized spacial score (nSPS) is 15.2. The first-order valence-corrected chi connectivity index (χ1v) is 13.9. The van der Waals surface area contributed by atoms with Crippen LogP contribution >= 0.6 is 23.2 Å². The van der Waals surface area contributed by atoms with Gasteiger partial charge in [0.15, 0.2) is 5.78 Å². The third-order valence-electron chi connectivity index (χ3n) is 5.77. The zero-order valence-electron chi connectivity index (χ0n) is 20.4. The highest BCUT2D eigenvalue weighted by Gasteiger charge is 2.35. The van der Waals surface area contributed by atoms with Crippen LogP contribution in [0.5, 0.6) is 0 Å². The molecule has 38 heavy (non-hydrogen) atoms. The number of ketones is 1. The number of anilines is 1. The molecule has 0 spiro atoms. The van der Waals surface area contributed by atoms with Crippen molar-refractivity contribution in [1.29, 1.82) is 0 Å². The molecule has 200 valence electrons. The van der Waals surface area contributed by atoms with Crippen molar-refractivity contribution in [3.63, 3.8) is 0 Å². The number of Topliss-reactive ketones (excluding diaryl/α,β-unsaturated/α-hetero) is 1. The largest absolute Gasteiger partial charge is 0.447 e. The van der Waals surface area contributed by atoms with Crippen LogP contribution in [-0.2, 0) is 27.6 Å². The number of pyridine rings is 1. The molecule has 1 amide bonds. The Kier molecular flexibility index (Phi) is 8.25. The van der Waals surface area contributed by atoms with Gasteiger partial charge in [-0.2, -0.15) is 0 Å². The molecule has 3 aromatic rings. The van der Waals surface area contributed by atoms with E-state index in [2.05, 4.69) is 10.3 Å². The number of hydrogen-bond acceptors (Lipinski definition) is 6. The average molecular weight is 580 g/mol. The quantitative estimate of drug-likeness (QED) is 0.385. The second-order valence-corrected chi connectivity index (χ2v) is 11.7. The molecule has 0 bridgehead atoms. The van der Waals surface area contributed by atoms with E-state index in [-0.39, 0.29) is 57.5 Å². The molecule has 0 aliphatic carbocycles. The molecule has 4 rings (SSSR count). The van der Waals surface area contributed by atoms with Crippen LogP contribution in [0.25, 0.3) is 0 Å². The lowest BCUT2D eigenvalue weighted by Gasteiger charge is -2.35. The topological polar surface area (TPSA) is 106 Å². The van der Waals surface area contributed by atoms with Gasteiger partial charge in [-0.25, -0.2) is 17.6 Å². The van der Waals surface area contributed by atoms with Gasteiger partial charge in [0, 0.05) is 19.0 Å². The van der Waals surface area contributed by atoms with Crippen molar-refractivity contribution in [3.05, 3.63) is 87.4 Å². The van der Waals surface area contributed by atoms with Crippen LogP contribution < -0.4 is 9.62 Å². The van der Waals surface area contributed by atoms with Gasteiger partial charge in [-0.15, -0.1) is 0 Å². The van der Waals surface area contributed by atoms with Gasteiger partial charge >= 0.3 is 6.09 Å². The van der Waals surface area contributed by atoms with Crippen molar-refractivity contribution in [2.45, 2.75) is 43.7 Å². The summed E-state index contributed by atoms with van der Waals surface area (Å²) < 4.78 is 47.0. The van der Waals surface area contributed by atoms with Gasteiger partial charge in [0.2, 0.25) is 0 Å². The van der Waals surface area contributed by atoms with E-state index in [1.165, 1.54) is 6.20 Å². The maximum Gasteiger partial charge on any atom is 0.407 e. The van der Waals surface area contributed by atoms with Gasteiger partial charge in [-0.3, -0.25) is 14.1 Å². The van der Waals surface area contributed by atoms with Crippen molar-refractivity contribution in [1.82, 2.24) is 10.3 Å². The number of nitrogens with zero attached hydrogens (tertiary/aromatic N) is 2. The number of benzene rings is 2. The highest BCUT2D eigenvalue weighted by atomic mass is 35.5. The summed E-state index contributed by atoms with van der Waals surface area (Å²) in [5.41, 5.74) is 1.25. The minimum atomic E-state index is -4.19. The first-order valence-electron chi connectivity index (χ1n) is 11.7. The minimum absolute atomic E-state index is 0.128. The molecular formula is C26H24Cl2FN3O5S. The third kappa shape index (κ3) is 6.09. The van der Waals surface area contributed by atoms with E-state index in [1.54, 1.807) is 38.1 Å². The van der Waals surface area contributed by atoms with Crippen LogP contribution in [0.4, 0.5) is 14.9 Å². The fraction of sp³-hybridized carbons (Fsp3) is 0.269. The second-order valence-electron chi connectivity index (χ2n) is 9.00. The summed E-state index contributed by atoms with van der Waals surface area (Å²) in [6.07, 6.45) is 0.513. The van der Waals surface area contributed by atoms with E-state index < -0.39 is 28.0 Å². The standard InChI is InChI=1S/C26H24Cl2FN3O5S/c1-15(2)37-26(34)31-18-12-22-23(32(14-18)38(35,36)19-8-6-17(29)7-9-19)10-16(13-30-22)11-24(33)25-20(27)4-3-5-21(25)28/h3-10,13,15,18H,11-12,14H2,1-2H3,(H,31,34)/t18-/m0/s1. The predicted octanol–water partition coefficient (Wildman–Crippen LogP) is 5.21. The number of aromatic nitrogens is 1. The van der Waals surface area contributed by atoms with Crippen LogP contribution in [0.2, 0.25) is 10.0 Å². The summed E-state index contributed by atoms with van der Waals surface area (Å²) >= 11 is 12.4. The summed E-state index contributed by atoms with van der Waals surface area (Å²) in [4.78, 5) is 29.5. The molecule has 12 heteroatoms. The lowest BCUT2D eigenvalue weighted by Crippen LogP contribution is -2.50. The van der Waals surface area contributed by atoms with Crippen molar-refractivity contribution >= 4 is 50.8 Å². The Morgan fingerprint density at radius 3 is 2.45 bits per heavy atom. The van der Waals surface area contributed by atoms with Crippen molar-refractivity contribution in [2.24, 2.45) is 0 Å². The molecule has 1 aliphatic rings. The molecular weight excluding hydrogens is 556 g/mol. The van der Waals surface area contributed by atoms with Gasteiger partial charge in [0.05, 0.1) is 50.6 Å². The number of hydrogen-bond donors (Lipinski definition) is 1. The Balaban J connectivity index is 1.70. The van der Waals surface area contributed by atoms with Gasteiger partial charge in [0.25, 0.3) is 10.0 Å². The molecule has 0 unspecified atom stereocenters. The number of nitrogens with one attached hydrogen (secondary N) is 1. The number of ether oxygens (including phenoxy) is 1. The highest BCUT2D eigenvalue weighted by Crippen LogP contribution is 2.33. The van der Waals surface area contributed by atoms with Gasteiger partial charge in [0.1, 0.15) is 5.82 Å². The monoisotopic (exact) mass is 579 g/mol. The fourth-order valence-electron chi connectivity index (χ4n) is 4.10. The molecule has 0 saturated heterocycles. The number of carbonyl (C=O) groups is 2. The van der Waals surface area contributed by atoms with E-state index in [0.29, 0.717) is 11.3 Å². The fourth-order valence-corrected chi connectivity index (χ4v) is 6.24. The van der Waals surface area contributed by atoms with Crippen LogP contribution in [-0.4, -0.2) is 44.0 Å². The Bertz CT molecular complexity index is 1460. The van der Waals surface area contributed by atoms with E-state index in [4.69, 9.17) is 27.9 Å². The smallest absolute Gasteiger partial charge is 0.407 e. The second kappa shape index (κ2) is 11.3. The average Bonchev–Trinajstić information content (AvgIpc) is 2.83. The molecule has 0 fully saturated rings. The molecule has 2 aromatic carbocycles. The molecule has 2 heterocycles. The highest BCUT2D eigenvalue weighted by molar-refractivity contribution is 7.92. The van der Waals surface area contributed by atoms with Crippen LogP contribution in [0, 0.1) is 5.82 Å². The summed E-state index contributed by atoms with van der Waals surface area (Å²) in [7, 11) is -4.19. The zero-order chi connectivity index (χ0) is 27.6. The molecule has 1 aromatic heterocycles. The molecule has 1 aliphatic heterocycles. The van der Waals surface area contributed by atoms with Gasteiger partial charge < -0.3 is 10.1 Å². The van der Waals surface area contributed by atoms with Gasteiger partial charge in [-0.05, 0) is 61.9 Å². The lowest BCUT2D eigenvalue weighted by atomic mass is 10.0. The summed E-state index contributed by atoms with van der Waals surface area (Å²) in [5.74, 6) is -0.943. The summed E-state index contributed by atoms with van der Waals surface area (Å²) in [6, 6.07) is 10.1. The number of alkyl carbamates (subject to hydrolysis) is 1. The molecule has 1 atom stereocenters. The van der Waals surface area contributed by atoms with E-state index in [9.17, 15) is 22.4 Å². The Hall–Kier alpha value is -3.21. The Morgan fingerprint density at radius 1 is 1.16 bits per heavy atom. The summed E-state index contributed by atoms with van der Waals surface area (Å²) in [6.45, 7) is 3.26. The Labute approximate surface area is 229 Å². The number of rotatable bonds is 7. The first-order chi connectivity index (χ1) is 18.0. The van der Waals surface area contributed by atoms with Crippen LogP contribution in [0.15, 0.2) is 59.6 Å². The van der Waals surface area contributed by atoms with Crippen molar-refractivity contribution in [2.75, 3.05) is 10.8 Å².